The summed E-state index contributed by atoms with van der Waals surface area (Å²) in [5, 5.41) is 5.46. The van der Waals surface area contributed by atoms with Crippen molar-refractivity contribution >= 4 is 61.8 Å². The van der Waals surface area contributed by atoms with Crippen LogP contribution in [0, 0.1) is 0 Å². The number of piperidine rings is 1. The van der Waals surface area contributed by atoms with Crippen molar-refractivity contribution < 1.29 is 4.79 Å². The van der Waals surface area contributed by atoms with E-state index >= 15 is 0 Å². The summed E-state index contributed by atoms with van der Waals surface area (Å²) in [5.74, 6) is 0.727. The third kappa shape index (κ3) is 4.59. The lowest BCUT2D eigenvalue weighted by molar-refractivity contribution is 0.102. The summed E-state index contributed by atoms with van der Waals surface area (Å²) < 4.78 is 2.30. The standard InChI is InChI=1S/C23H21IN6OS/c24-30-7-4-14(5-8-30)19-10-16(3-6-26-19)22(31)29-21-11-18-9-15(1-2-17(18)12-27-21)20-13-28-23(25)32-20/h1-3,6,9-14H,4-5,7-8H2,(H2,25,28)(H,27,29,31). The van der Waals surface area contributed by atoms with Crippen LogP contribution in [0.1, 0.15) is 34.8 Å². The molecule has 3 N–H and O–H groups in total. The molecule has 162 valence electrons. The second-order valence-corrected chi connectivity index (χ2v) is 10.2. The minimum absolute atomic E-state index is 0.182. The molecule has 5 rings (SSSR count). The molecule has 7 nitrogen and oxygen atoms in total. The second-order valence-electron chi connectivity index (χ2n) is 7.80. The lowest BCUT2D eigenvalue weighted by Crippen LogP contribution is -2.25. The minimum Gasteiger partial charge on any atom is -0.375 e. The molecule has 0 bridgehead atoms. The predicted molar refractivity (Wildman–Crippen MR) is 137 cm³/mol. The van der Waals surface area contributed by atoms with Gasteiger partial charge in [-0.05, 0) is 48.1 Å². The summed E-state index contributed by atoms with van der Waals surface area (Å²) in [7, 11) is 0. The number of halogens is 1. The number of aromatic nitrogens is 3. The number of carbonyl (C=O) groups is 1. The van der Waals surface area contributed by atoms with Gasteiger partial charge in [0.2, 0.25) is 0 Å². The van der Waals surface area contributed by atoms with Gasteiger partial charge in [-0.2, -0.15) is 0 Å². The number of benzene rings is 1. The van der Waals surface area contributed by atoms with Gasteiger partial charge < -0.3 is 11.1 Å². The number of pyridine rings is 2. The summed E-state index contributed by atoms with van der Waals surface area (Å²) in [6.07, 6.45) is 7.38. The van der Waals surface area contributed by atoms with Crippen LogP contribution < -0.4 is 11.1 Å². The van der Waals surface area contributed by atoms with Gasteiger partial charge in [-0.25, -0.2) is 13.1 Å². The van der Waals surface area contributed by atoms with E-state index in [1.807, 2.05) is 24.3 Å². The Morgan fingerprint density at radius 1 is 1.06 bits per heavy atom. The molecular formula is C23H21IN6OS. The van der Waals surface area contributed by atoms with Crippen molar-refractivity contribution in [3.63, 3.8) is 0 Å². The first-order valence-electron chi connectivity index (χ1n) is 10.3. The average Bonchev–Trinajstić information content (AvgIpc) is 3.25. The minimum atomic E-state index is -0.182. The first kappa shape index (κ1) is 21.2. The van der Waals surface area contributed by atoms with Crippen molar-refractivity contribution in [2.75, 3.05) is 24.1 Å². The van der Waals surface area contributed by atoms with E-state index in [0.717, 1.165) is 52.8 Å². The van der Waals surface area contributed by atoms with E-state index in [-0.39, 0.29) is 5.91 Å². The van der Waals surface area contributed by atoms with Crippen molar-refractivity contribution in [2.45, 2.75) is 18.8 Å². The highest BCUT2D eigenvalue weighted by atomic mass is 127. The van der Waals surface area contributed by atoms with Crippen LogP contribution in [0.25, 0.3) is 21.2 Å². The van der Waals surface area contributed by atoms with E-state index < -0.39 is 0 Å². The van der Waals surface area contributed by atoms with E-state index in [9.17, 15) is 4.79 Å². The number of rotatable bonds is 4. The Labute approximate surface area is 203 Å². The van der Waals surface area contributed by atoms with Gasteiger partial charge in [-0.3, -0.25) is 9.78 Å². The van der Waals surface area contributed by atoms with Gasteiger partial charge in [0.25, 0.3) is 5.91 Å². The van der Waals surface area contributed by atoms with Crippen LogP contribution in [-0.2, 0) is 0 Å². The van der Waals surface area contributed by atoms with E-state index in [2.05, 4.69) is 52.3 Å². The molecule has 1 aliphatic rings. The first-order chi connectivity index (χ1) is 15.5. The van der Waals surface area contributed by atoms with Crippen LogP contribution in [0.4, 0.5) is 10.9 Å². The molecule has 32 heavy (non-hydrogen) atoms. The molecule has 0 unspecified atom stereocenters. The van der Waals surface area contributed by atoms with Gasteiger partial charge in [-0.15, -0.1) is 0 Å². The Kier molecular flexibility index (Phi) is 6.03. The van der Waals surface area contributed by atoms with Crippen LogP contribution >= 0.6 is 34.2 Å². The van der Waals surface area contributed by atoms with Crippen molar-refractivity contribution in [1.29, 1.82) is 0 Å². The van der Waals surface area contributed by atoms with Crippen LogP contribution in [-0.4, -0.2) is 37.1 Å². The highest BCUT2D eigenvalue weighted by Crippen LogP contribution is 2.31. The monoisotopic (exact) mass is 556 g/mol. The normalized spacial score (nSPS) is 15.2. The fourth-order valence-corrected chi connectivity index (χ4v) is 5.17. The van der Waals surface area contributed by atoms with E-state index in [0.29, 0.717) is 22.4 Å². The van der Waals surface area contributed by atoms with Crippen molar-refractivity contribution in [3.8, 4) is 10.4 Å². The smallest absolute Gasteiger partial charge is 0.256 e. The summed E-state index contributed by atoms with van der Waals surface area (Å²) in [4.78, 5) is 27.0. The number of nitrogens with one attached hydrogen (secondary N) is 1. The topological polar surface area (TPSA) is 97.0 Å². The van der Waals surface area contributed by atoms with Crippen LogP contribution in [0.5, 0.6) is 0 Å². The molecule has 9 heteroatoms. The maximum atomic E-state index is 12.9. The zero-order valence-corrected chi connectivity index (χ0v) is 20.1. The van der Waals surface area contributed by atoms with Gasteiger partial charge in [0.15, 0.2) is 5.13 Å². The van der Waals surface area contributed by atoms with Gasteiger partial charge in [0, 0.05) is 77.1 Å². The Morgan fingerprint density at radius 3 is 2.69 bits per heavy atom. The van der Waals surface area contributed by atoms with Crippen molar-refractivity contribution in [1.82, 2.24) is 18.1 Å². The van der Waals surface area contributed by atoms with E-state index in [4.69, 9.17) is 5.73 Å². The zero-order chi connectivity index (χ0) is 22.1. The Bertz CT molecular complexity index is 1280. The van der Waals surface area contributed by atoms with Crippen molar-refractivity contribution in [2.24, 2.45) is 0 Å². The maximum Gasteiger partial charge on any atom is 0.256 e. The van der Waals surface area contributed by atoms with Crippen LogP contribution in [0.3, 0.4) is 0 Å². The van der Waals surface area contributed by atoms with E-state index in [1.54, 1.807) is 24.7 Å². The van der Waals surface area contributed by atoms with Gasteiger partial charge >= 0.3 is 0 Å². The number of hydrogen-bond donors (Lipinski definition) is 2. The number of thiazole rings is 1. The molecule has 4 heterocycles. The van der Waals surface area contributed by atoms with Gasteiger partial charge in [0.05, 0.1) is 4.88 Å². The number of nitrogens with two attached hydrogens (primary N) is 1. The number of anilines is 2. The molecular weight excluding hydrogens is 535 g/mol. The molecule has 1 aromatic carbocycles. The highest BCUT2D eigenvalue weighted by Gasteiger charge is 2.21. The summed E-state index contributed by atoms with van der Waals surface area (Å²) in [6.45, 7) is 2.08. The third-order valence-electron chi connectivity index (χ3n) is 5.67. The Morgan fingerprint density at radius 2 is 1.91 bits per heavy atom. The molecule has 0 atom stereocenters. The SMILES string of the molecule is Nc1ncc(-c2ccc3cnc(NC(=O)c4ccnc(C5CCN(I)CC5)c4)cc3c2)s1. The fourth-order valence-electron chi connectivity index (χ4n) is 3.93. The van der Waals surface area contributed by atoms with Gasteiger partial charge in [0.1, 0.15) is 5.82 Å². The number of amides is 1. The molecule has 4 aromatic rings. The largest absolute Gasteiger partial charge is 0.375 e. The molecule has 1 saturated heterocycles. The summed E-state index contributed by atoms with van der Waals surface area (Å²) >= 11 is 3.81. The lowest BCUT2D eigenvalue weighted by atomic mass is 9.93. The predicted octanol–water partition coefficient (Wildman–Crippen LogP) is 5.12. The average molecular weight is 556 g/mol. The number of carbonyl (C=O) groups excluding carboxylic acids is 1. The lowest BCUT2D eigenvalue weighted by Gasteiger charge is -2.27. The molecule has 3 aromatic heterocycles. The number of nitrogens with zero attached hydrogens (tertiary/aromatic N) is 4. The molecule has 0 aliphatic carbocycles. The Balaban J connectivity index is 1.36. The molecule has 0 spiro atoms. The number of fused-ring (bicyclic) bond motifs is 1. The van der Waals surface area contributed by atoms with Crippen molar-refractivity contribution in [3.05, 3.63) is 66.2 Å². The maximum absolute atomic E-state index is 12.9. The quantitative estimate of drug-likeness (QED) is 0.268. The Hall–Kier alpha value is -2.63. The molecule has 0 radical (unpaired) electrons. The highest BCUT2D eigenvalue weighted by molar-refractivity contribution is 14.1. The molecule has 0 saturated carbocycles. The second kappa shape index (κ2) is 9.08. The number of hydrogen-bond acceptors (Lipinski definition) is 7. The van der Waals surface area contributed by atoms with Gasteiger partial charge in [-0.1, -0.05) is 23.5 Å². The number of nitrogen functional groups attached to an aromatic ring is 1. The molecule has 1 amide bonds. The summed E-state index contributed by atoms with van der Waals surface area (Å²) in [6, 6.07) is 11.6. The molecule has 1 aliphatic heterocycles. The molecule has 1 fully saturated rings. The van der Waals surface area contributed by atoms with Crippen LogP contribution in [0.2, 0.25) is 0 Å². The van der Waals surface area contributed by atoms with Crippen LogP contribution in [0.15, 0.2) is 55.0 Å². The van der Waals surface area contributed by atoms with E-state index in [1.165, 1.54) is 11.3 Å². The first-order valence-corrected chi connectivity index (χ1v) is 12.1. The fraction of sp³-hybridized carbons (Fsp3) is 0.217. The zero-order valence-electron chi connectivity index (χ0n) is 17.2. The summed E-state index contributed by atoms with van der Waals surface area (Å²) in [5.41, 5.74) is 8.39. The third-order valence-corrected chi connectivity index (χ3v) is 7.51.